The summed E-state index contributed by atoms with van der Waals surface area (Å²) in [6, 6.07) is 1.91. The monoisotopic (exact) mass is 396 g/mol. The number of aryl methyl sites for hydroxylation is 2. The van der Waals surface area contributed by atoms with Crippen LogP contribution in [0.25, 0.3) is 5.78 Å². The van der Waals surface area contributed by atoms with Crippen molar-refractivity contribution in [3.05, 3.63) is 35.7 Å². The lowest BCUT2D eigenvalue weighted by Gasteiger charge is -2.32. The van der Waals surface area contributed by atoms with E-state index in [2.05, 4.69) is 25.0 Å². The summed E-state index contributed by atoms with van der Waals surface area (Å²) in [6.07, 6.45) is 4.74. The van der Waals surface area contributed by atoms with E-state index in [1.54, 1.807) is 21.8 Å². The van der Waals surface area contributed by atoms with Crippen LogP contribution in [0.1, 0.15) is 34.8 Å². The molecule has 0 bridgehead atoms. The van der Waals surface area contributed by atoms with Crippen molar-refractivity contribution in [1.29, 1.82) is 0 Å². The number of hydrogen-bond donors (Lipinski definition) is 0. The summed E-state index contributed by atoms with van der Waals surface area (Å²) in [4.78, 5) is 33.9. The number of ether oxygens (including phenoxy) is 1. The van der Waals surface area contributed by atoms with E-state index in [-0.39, 0.29) is 17.8 Å². The van der Waals surface area contributed by atoms with E-state index in [4.69, 9.17) is 4.74 Å². The highest BCUT2D eigenvalue weighted by molar-refractivity contribution is 5.91. The highest BCUT2D eigenvalue weighted by atomic mass is 16.5. The molecule has 3 aromatic heterocycles. The molecule has 3 aromatic rings. The predicted octanol–water partition coefficient (Wildman–Crippen LogP) is 1.28. The normalized spacial score (nSPS) is 16.8. The summed E-state index contributed by atoms with van der Waals surface area (Å²) in [5.41, 5.74) is 1.73. The Morgan fingerprint density at radius 1 is 1.21 bits per heavy atom. The molecule has 0 spiro atoms. The Hall–Kier alpha value is -3.30. The Labute approximate surface area is 168 Å². The second kappa shape index (κ2) is 7.61. The Kier molecular flexibility index (Phi) is 4.99. The first kappa shape index (κ1) is 19.0. The summed E-state index contributed by atoms with van der Waals surface area (Å²) < 4.78 is 7.69. The number of rotatable bonds is 4. The molecule has 0 saturated carbocycles. The third kappa shape index (κ3) is 3.82. The third-order valence-corrected chi connectivity index (χ3v) is 4.82. The standard InChI is InChI=1S/C19H24N8O2/c1-12-10-13(2)27-19(22-12)23-15(24-27)18(28)26-9-5-6-14(11-26)29-17-16(25(3)4)20-7-8-21-17/h7-8,10,14H,5-6,9,11H2,1-4H3/t14-/m0/s1. The van der Waals surface area contributed by atoms with E-state index in [1.807, 2.05) is 38.9 Å². The topological polar surface area (TPSA) is 102 Å². The molecule has 1 aliphatic rings. The highest BCUT2D eigenvalue weighted by Crippen LogP contribution is 2.24. The summed E-state index contributed by atoms with van der Waals surface area (Å²) in [7, 11) is 3.78. The van der Waals surface area contributed by atoms with Crippen LogP contribution in [0.2, 0.25) is 0 Å². The molecule has 0 aromatic carbocycles. The van der Waals surface area contributed by atoms with E-state index in [9.17, 15) is 4.79 Å². The first-order chi connectivity index (χ1) is 13.9. The summed E-state index contributed by atoms with van der Waals surface area (Å²) in [6.45, 7) is 4.90. The van der Waals surface area contributed by atoms with E-state index >= 15 is 0 Å². The number of nitrogens with zero attached hydrogens (tertiary/aromatic N) is 8. The zero-order chi connectivity index (χ0) is 20.5. The lowest BCUT2D eigenvalue weighted by Crippen LogP contribution is -2.45. The number of anilines is 1. The van der Waals surface area contributed by atoms with Gasteiger partial charge in [0.05, 0.1) is 6.54 Å². The van der Waals surface area contributed by atoms with Crippen molar-refractivity contribution < 1.29 is 9.53 Å². The van der Waals surface area contributed by atoms with Gasteiger partial charge in [-0.25, -0.2) is 19.5 Å². The molecule has 0 N–H and O–H groups in total. The quantitative estimate of drug-likeness (QED) is 0.650. The van der Waals surface area contributed by atoms with E-state index < -0.39 is 0 Å². The van der Waals surface area contributed by atoms with Crippen LogP contribution in [0.15, 0.2) is 18.5 Å². The fourth-order valence-electron chi connectivity index (χ4n) is 3.48. The van der Waals surface area contributed by atoms with Gasteiger partial charge in [-0.2, -0.15) is 4.98 Å². The van der Waals surface area contributed by atoms with Crippen molar-refractivity contribution in [2.45, 2.75) is 32.8 Å². The molecule has 10 heteroatoms. The van der Waals surface area contributed by atoms with Gasteiger partial charge in [0.25, 0.3) is 17.6 Å². The van der Waals surface area contributed by atoms with E-state index in [0.717, 1.165) is 24.2 Å². The van der Waals surface area contributed by atoms with Crippen molar-refractivity contribution >= 4 is 17.5 Å². The lowest BCUT2D eigenvalue weighted by atomic mass is 10.1. The van der Waals surface area contributed by atoms with Crippen molar-refractivity contribution in [2.24, 2.45) is 0 Å². The number of hydrogen-bond acceptors (Lipinski definition) is 8. The summed E-state index contributed by atoms with van der Waals surface area (Å²) in [5, 5.41) is 4.36. The smallest absolute Gasteiger partial charge is 0.293 e. The lowest BCUT2D eigenvalue weighted by molar-refractivity contribution is 0.0518. The van der Waals surface area contributed by atoms with Gasteiger partial charge in [-0.1, -0.05) is 0 Å². The maximum Gasteiger partial charge on any atom is 0.293 e. The van der Waals surface area contributed by atoms with Crippen LogP contribution in [-0.2, 0) is 0 Å². The van der Waals surface area contributed by atoms with Crippen molar-refractivity contribution in [3.8, 4) is 5.88 Å². The van der Waals surface area contributed by atoms with Crippen LogP contribution in [0.3, 0.4) is 0 Å². The van der Waals surface area contributed by atoms with Crippen LogP contribution in [0.4, 0.5) is 5.82 Å². The average molecular weight is 396 g/mol. The number of likely N-dealkylation sites (tertiary alicyclic amines) is 1. The highest BCUT2D eigenvalue weighted by Gasteiger charge is 2.29. The zero-order valence-corrected chi connectivity index (χ0v) is 17.0. The maximum absolute atomic E-state index is 13.0. The number of piperidine rings is 1. The fraction of sp³-hybridized carbons (Fsp3) is 0.474. The Morgan fingerprint density at radius 2 is 2.00 bits per heavy atom. The van der Waals surface area contributed by atoms with Crippen LogP contribution in [0, 0.1) is 13.8 Å². The van der Waals surface area contributed by atoms with Gasteiger partial charge in [0, 0.05) is 44.4 Å². The first-order valence-electron chi connectivity index (χ1n) is 9.57. The third-order valence-electron chi connectivity index (χ3n) is 4.82. The van der Waals surface area contributed by atoms with Crippen molar-refractivity contribution in [1.82, 2.24) is 34.4 Å². The SMILES string of the molecule is Cc1cc(C)n2nc(C(=O)N3CCC[C@H](Oc4nccnc4N(C)C)C3)nc2n1. The molecule has 0 unspecified atom stereocenters. The van der Waals surface area contributed by atoms with Gasteiger partial charge in [0.2, 0.25) is 5.82 Å². The molecular formula is C19H24N8O2. The van der Waals surface area contributed by atoms with Crippen molar-refractivity contribution in [3.63, 3.8) is 0 Å². The van der Waals surface area contributed by atoms with Crippen LogP contribution in [-0.4, -0.2) is 73.6 Å². The minimum atomic E-state index is -0.215. The number of carbonyl (C=O) groups excluding carboxylic acids is 1. The number of aromatic nitrogens is 6. The fourth-order valence-corrected chi connectivity index (χ4v) is 3.48. The first-order valence-corrected chi connectivity index (χ1v) is 9.57. The molecule has 152 valence electrons. The zero-order valence-electron chi connectivity index (χ0n) is 17.0. The minimum absolute atomic E-state index is 0.153. The van der Waals surface area contributed by atoms with E-state index in [1.165, 1.54) is 0 Å². The Bertz CT molecular complexity index is 1050. The average Bonchev–Trinajstić information content (AvgIpc) is 3.12. The largest absolute Gasteiger partial charge is 0.470 e. The molecule has 1 aliphatic heterocycles. The van der Waals surface area contributed by atoms with Crippen LogP contribution >= 0.6 is 0 Å². The van der Waals surface area contributed by atoms with Gasteiger partial charge in [-0.15, -0.1) is 5.10 Å². The van der Waals surface area contributed by atoms with Crippen molar-refractivity contribution in [2.75, 3.05) is 32.1 Å². The molecule has 1 amide bonds. The van der Waals surface area contributed by atoms with Gasteiger partial charge in [0.15, 0.2) is 5.82 Å². The minimum Gasteiger partial charge on any atom is -0.470 e. The van der Waals surface area contributed by atoms with Gasteiger partial charge < -0.3 is 14.5 Å². The molecule has 10 nitrogen and oxygen atoms in total. The molecule has 4 heterocycles. The number of fused-ring (bicyclic) bond motifs is 1. The number of amides is 1. The summed E-state index contributed by atoms with van der Waals surface area (Å²) in [5.74, 6) is 1.51. The summed E-state index contributed by atoms with van der Waals surface area (Å²) >= 11 is 0. The second-order valence-corrected chi connectivity index (χ2v) is 7.40. The second-order valence-electron chi connectivity index (χ2n) is 7.40. The molecule has 0 radical (unpaired) electrons. The molecule has 4 rings (SSSR count). The van der Waals surface area contributed by atoms with Gasteiger partial charge >= 0.3 is 0 Å². The Morgan fingerprint density at radius 3 is 2.79 bits per heavy atom. The molecule has 0 aliphatic carbocycles. The predicted molar refractivity (Wildman–Crippen MR) is 106 cm³/mol. The molecule has 29 heavy (non-hydrogen) atoms. The van der Waals surface area contributed by atoms with E-state index in [0.29, 0.717) is 30.6 Å². The maximum atomic E-state index is 13.0. The van der Waals surface area contributed by atoms with Gasteiger partial charge in [-0.05, 0) is 32.8 Å². The molecule has 1 fully saturated rings. The molecule has 1 atom stereocenters. The van der Waals surface area contributed by atoms with Crippen LogP contribution < -0.4 is 9.64 Å². The van der Waals surface area contributed by atoms with Gasteiger partial charge in [0.1, 0.15) is 6.10 Å². The van der Waals surface area contributed by atoms with Crippen LogP contribution in [0.5, 0.6) is 5.88 Å². The number of carbonyl (C=O) groups is 1. The van der Waals surface area contributed by atoms with Gasteiger partial charge in [-0.3, -0.25) is 4.79 Å². The molecular weight excluding hydrogens is 372 g/mol. The Balaban J connectivity index is 1.51. The molecule has 1 saturated heterocycles.